The highest BCUT2D eigenvalue weighted by atomic mass is 35.5. The van der Waals surface area contributed by atoms with Crippen LogP contribution in [0.15, 0.2) is 12.7 Å². The van der Waals surface area contributed by atoms with Crippen molar-refractivity contribution >= 4 is 28.6 Å². The van der Waals surface area contributed by atoms with E-state index in [-0.39, 0.29) is 22.9 Å². The fourth-order valence-corrected chi connectivity index (χ4v) is 2.94. The standard InChI is InChI=1S/C13H14ClN5O4/c1-2-13(22)10(21)12(3-14,4-20)23-11(13)19-6-18-7-8(15)16-5-17-9(7)19/h1,5-6,10-11,20-22H,3-4H2,(H2,15,16,17)/t10-,11-,12-,13-/m1/s1. The van der Waals surface area contributed by atoms with Crippen LogP contribution in [0.2, 0.25) is 0 Å². The third-order valence-electron chi connectivity index (χ3n) is 4.00. The number of imidazole rings is 1. The Kier molecular flexibility index (Phi) is 3.66. The van der Waals surface area contributed by atoms with Gasteiger partial charge >= 0.3 is 0 Å². The predicted octanol–water partition coefficient (Wildman–Crippen LogP) is -1.37. The van der Waals surface area contributed by atoms with Gasteiger partial charge in [0, 0.05) is 0 Å². The number of aliphatic hydroxyl groups is 3. The van der Waals surface area contributed by atoms with E-state index in [0.717, 1.165) is 0 Å². The molecule has 4 atom stereocenters. The Hall–Kier alpha value is -1.96. The van der Waals surface area contributed by atoms with Crippen molar-refractivity contribution in [2.75, 3.05) is 18.2 Å². The number of fused-ring (bicyclic) bond motifs is 1. The highest BCUT2D eigenvalue weighted by Gasteiger charge is 2.63. The summed E-state index contributed by atoms with van der Waals surface area (Å²) in [5.41, 5.74) is 2.50. The van der Waals surface area contributed by atoms with Crippen LogP contribution < -0.4 is 5.73 Å². The molecule has 2 aromatic heterocycles. The molecule has 1 aliphatic heterocycles. The van der Waals surface area contributed by atoms with Gasteiger partial charge in [0.2, 0.25) is 0 Å². The fourth-order valence-electron chi connectivity index (χ4n) is 2.64. The summed E-state index contributed by atoms with van der Waals surface area (Å²) in [6.07, 6.45) is 5.03. The first kappa shape index (κ1) is 15.9. The highest BCUT2D eigenvalue weighted by Crippen LogP contribution is 2.45. The Labute approximate surface area is 135 Å². The number of nitrogens with two attached hydrogens (primary N) is 1. The van der Waals surface area contributed by atoms with Crippen molar-refractivity contribution in [3.05, 3.63) is 12.7 Å². The maximum Gasteiger partial charge on any atom is 0.199 e. The Balaban J connectivity index is 2.18. The van der Waals surface area contributed by atoms with Crippen LogP contribution in [0.4, 0.5) is 5.82 Å². The maximum absolute atomic E-state index is 10.7. The average Bonchev–Trinajstić information content (AvgIpc) is 3.08. The minimum Gasteiger partial charge on any atom is -0.393 e. The summed E-state index contributed by atoms with van der Waals surface area (Å²) in [6, 6.07) is 0. The van der Waals surface area contributed by atoms with Crippen molar-refractivity contribution in [1.29, 1.82) is 0 Å². The van der Waals surface area contributed by atoms with Gasteiger partial charge in [-0.05, 0) is 0 Å². The Bertz CT molecular complexity index is 786. The number of halogens is 1. The quantitative estimate of drug-likeness (QED) is 0.397. The molecule has 0 aromatic carbocycles. The number of nitrogen functional groups attached to an aromatic ring is 1. The van der Waals surface area contributed by atoms with Crippen molar-refractivity contribution < 1.29 is 20.1 Å². The second-order valence-corrected chi connectivity index (χ2v) is 5.55. The third kappa shape index (κ3) is 2.00. The van der Waals surface area contributed by atoms with Gasteiger partial charge in [-0.15, -0.1) is 18.0 Å². The largest absolute Gasteiger partial charge is 0.393 e. The van der Waals surface area contributed by atoms with E-state index in [1.54, 1.807) is 0 Å². The summed E-state index contributed by atoms with van der Waals surface area (Å²) < 4.78 is 6.98. The molecule has 3 rings (SSSR count). The zero-order valence-electron chi connectivity index (χ0n) is 11.8. The Morgan fingerprint density at radius 3 is 2.83 bits per heavy atom. The average molecular weight is 340 g/mol. The minimum atomic E-state index is -2.15. The Morgan fingerprint density at radius 2 is 2.22 bits per heavy atom. The molecule has 2 aromatic rings. The van der Waals surface area contributed by atoms with Gasteiger partial charge in [0.05, 0.1) is 18.8 Å². The molecule has 0 saturated carbocycles. The first-order valence-corrected chi connectivity index (χ1v) is 7.13. The summed E-state index contributed by atoms with van der Waals surface area (Å²) in [4.78, 5) is 11.9. The van der Waals surface area contributed by atoms with Gasteiger partial charge in [-0.2, -0.15) is 0 Å². The first-order valence-electron chi connectivity index (χ1n) is 6.59. The molecule has 0 unspecified atom stereocenters. The van der Waals surface area contributed by atoms with E-state index in [9.17, 15) is 15.3 Å². The van der Waals surface area contributed by atoms with Crippen LogP contribution in [-0.2, 0) is 4.74 Å². The topological polar surface area (TPSA) is 140 Å². The molecule has 0 spiro atoms. The second-order valence-electron chi connectivity index (χ2n) is 5.28. The van der Waals surface area contributed by atoms with Crippen LogP contribution in [0, 0.1) is 12.3 Å². The Morgan fingerprint density at radius 1 is 1.48 bits per heavy atom. The molecule has 3 heterocycles. The van der Waals surface area contributed by atoms with Crippen LogP contribution in [0.1, 0.15) is 6.23 Å². The molecule has 1 saturated heterocycles. The smallest absolute Gasteiger partial charge is 0.199 e. The van der Waals surface area contributed by atoms with E-state index in [0.29, 0.717) is 0 Å². The molecule has 9 nitrogen and oxygen atoms in total. The van der Waals surface area contributed by atoms with Gasteiger partial charge in [-0.3, -0.25) is 4.57 Å². The molecule has 10 heteroatoms. The highest BCUT2D eigenvalue weighted by molar-refractivity contribution is 6.18. The van der Waals surface area contributed by atoms with E-state index in [1.807, 2.05) is 0 Å². The monoisotopic (exact) mass is 339 g/mol. The van der Waals surface area contributed by atoms with Gasteiger partial charge in [0.25, 0.3) is 0 Å². The van der Waals surface area contributed by atoms with Crippen LogP contribution in [0.3, 0.4) is 0 Å². The first-order chi connectivity index (χ1) is 10.9. The van der Waals surface area contributed by atoms with Crippen LogP contribution in [0.25, 0.3) is 11.2 Å². The van der Waals surface area contributed by atoms with Crippen molar-refractivity contribution in [2.45, 2.75) is 23.5 Å². The number of rotatable bonds is 3. The van der Waals surface area contributed by atoms with Gasteiger partial charge in [0.1, 0.15) is 23.5 Å². The summed E-state index contributed by atoms with van der Waals surface area (Å²) >= 11 is 5.82. The van der Waals surface area contributed by atoms with Gasteiger partial charge in [-0.25, -0.2) is 15.0 Å². The minimum absolute atomic E-state index is 0.141. The zero-order chi connectivity index (χ0) is 16.8. The summed E-state index contributed by atoms with van der Waals surface area (Å²) in [5, 5.41) is 30.7. The molecule has 5 N–H and O–H groups in total. The lowest BCUT2D eigenvalue weighted by Gasteiger charge is -2.29. The van der Waals surface area contributed by atoms with Crippen LogP contribution in [0.5, 0.6) is 0 Å². The lowest BCUT2D eigenvalue weighted by Crippen LogP contribution is -2.53. The third-order valence-corrected chi connectivity index (χ3v) is 4.46. The van der Waals surface area contributed by atoms with E-state index in [1.165, 1.54) is 17.2 Å². The summed E-state index contributed by atoms with van der Waals surface area (Å²) in [5.74, 6) is 1.98. The van der Waals surface area contributed by atoms with E-state index in [2.05, 4.69) is 20.9 Å². The predicted molar refractivity (Wildman–Crippen MR) is 80.2 cm³/mol. The number of terminal acetylenes is 1. The van der Waals surface area contributed by atoms with Crippen molar-refractivity contribution in [2.24, 2.45) is 0 Å². The molecule has 0 aliphatic carbocycles. The molecule has 0 bridgehead atoms. The lowest BCUT2D eigenvalue weighted by molar-refractivity contribution is -0.115. The molecule has 0 amide bonds. The van der Waals surface area contributed by atoms with Crippen molar-refractivity contribution in [3.8, 4) is 12.3 Å². The number of hydrogen-bond acceptors (Lipinski definition) is 8. The van der Waals surface area contributed by atoms with Crippen LogP contribution >= 0.6 is 11.6 Å². The molecular weight excluding hydrogens is 326 g/mol. The second kappa shape index (κ2) is 5.30. The van der Waals surface area contributed by atoms with E-state index >= 15 is 0 Å². The summed E-state index contributed by atoms with van der Waals surface area (Å²) in [7, 11) is 0. The van der Waals surface area contributed by atoms with Gasteiger partial charge in [0.15, 0.2) is 23.3 Å². The summed E-state index contributed by atoms with van der Waals surface area (Å²) in [6.45, 7) is -0.637. The number of anilines is 1. The van der Waals surface area contributed by atoms with E-state index in [4.69, 9.17) is 28.5 Å². The molecule has 1 fully saturated rings. The number of nitrogens with zero attached hydrogens (tertiary/aromatic N) is 4. The SMILES string of the molecule is C#C[C@@]1(O)[C@H](O)[C@](CO)(CCl)O[C@H]1n1cnc2c(N)ncnc21. The molecular formula is C13H14ClN5O4. The molecule has 23 heavy (non-hydrogen) atoms. The van der Waals surface area contributed by atoms with Crippen molar-refractivity contribution in [3.63, 3.8) is 0 Å². The number of alkyl halides is 1. The fraction of sp³-hybridized carbons (Fsp3) is 0.462. The van der Waals surface area contributed by atoms with Crippen LogP contribution in [-0.4, -0.2) is 64.6 Å². The lowest BCUT2D eigenvalue weighted by atomic mass is 9.88. The van der Waals surface area contributed by atoms with Gasteiger partial charge < -0.3 is 25.8 Å². The molecule has 122 valence electrons. The maximum atomic E-state index is 10.7. The molecule has 0 radical (unpaired) electrons. The zero-order valence-corrected chi connectivity index (χ0v) is 12.6. The number of aliphatic hydroxyl groups excluding tert-OH is 2. The normalized spacial score (nSPS) is 33.9. The number of hydrogen-bond donors (Lipinski definition) is 4. The van der Waals surface area contributed by atoms with Crippen molar-refractivity contribution in [1.82, 2.24) is 19.5 Å². The number of ether oxygens (including phenoxy) is 1. The molecule has 1 aliphatic rings. The van der Waals surface area contributed by atoms with E-state index < -0.39 is 30.1 Å². The number of aromatic nitrogens is 4. The van der Waals surface area contributed by atoms with Gasteiger partial charge in [-0.1, -0.05) is 5.92 Å².